The van der Waals surface area contributed by atoms with Crippen molar-refractivity contribution in [1.29, 1.82) is 0 Å². The number of hydrogen-bond donors (Lipinski definition) is 0. The molecule has 0 aliphatic rings. The number of nitrogens with zero attached hydrogens (tertiary/aromatic N) is 2. The minimum Gasteiger partial charge on any atom is -0.619 e. The Morgan fingerprint density at radius 3 is 1.16 bits per heavy atom. The van der Waals surface area contributed by atoms with Crippen molar-refractivity contribution in [2.75, 3.05) is 0 Å². The summed E-state index contributed by atoms with van der Waals surface area (Å²) < 4.78 is 0.816. The molecular formula is C12H20CdN2O10+4. The van der Waals surface area contributed by atoms with Crippen LogP contribution in [0.15, 0.2) is 49.1 Å². The zero-order valence-corrected chi connectivity index (χ0v) is 17.0. The third-order valence-electron chi connectivity index (χ3n) is 2.02. The van der Waals surface area contributed by atoms with Crippen molar-refractivity contribution in [1.82, 2.24) is 0 Å². The van der Waals surface area contributed by atoms with Gasteiger partial charge in [-0.15, -0.1) is 0 Å². The number of pyridine rings is 2. The van der Waals surface area contributed by atoms with Gasteiger partial charge < -0.3 is 52.1 Å². The number of aromatic carboxylic acids is 2. The van der Waals surface area contributed by atoms with Gasteiger partial charge in [0.15, 0.2) is 24.8 Å². The van der Waals surface area contributed by atoms with Crippen molar-refractivity contribution in [2.24, 2.45) is 0 Å². The van der Waals surface area contributed by atoms with Gasteiger partial charge in [0.1, 0.15) is 0 Å². The van der Waals surface area contributed by atoms with Crippen LogP contribution >= 0.6 is 0 Å². The van der Waals surface area contributed by atoms with E-state index in [0.717, 1.165) is 12.4 Å². The molecule has 2 heterocycles. The van der Waals surface area contributed by atoms with Crippen LogP contribution in [0.5, 0.6) is 0 Å². The van der Waals surface area contributed by atoms with Gasteiger partial charge in [-0.1, -0.05) is 0 Å². The van der Waals surface area contributed by atoms with Gasteiger partial charge in [0, 0.05) is 12.1 Å². The predicted molar refractivity (Wildman–Crippen MR) is 79.0 cm³/mol. The molecule has 0 spiro atoms. The maximum absolute atomic E-state index is 10.4. The van der Waals surface area contributed by atoms with Crippen LogP contribution in [-0.2, 0) is 49.2 Å². The summed E-state index contributed by atoms with van der Waals surface area (Å²) in [5.41, 5.74) is -0.227. The molecule has 12 N–H and O–H groups in total. The van der Waals surface area contributed by atoms with E-state index in [1.165, 1.54) is 36.7 Å². The van der Waals surface area contributed by atoms with Crippen LogP contribution in [0.3, 0.4) is 0 Å². The molecule has 0 aliphatic heterocycles. The molecule has 0 bridgehead atoms. The van der Waals surface area contributed by atoms with Crippen LogP contribution < -0.4 is 19.7 Å². The summed E-state index contributed by atoms with van der Waals surface area (Å²) in [5.74, 6) is -2.68. The Hall–Kier alpha value is -2.40. The van der Waals surface area contributed by atoms with Gasteiger partial charge in [0.05, 0.1) is 23.1 Å². The molecule has 0 aromatic carbocycles. The van der Waals surface area contributed by atoms with Crippen molar-refractivity contribution in [3.8, 4) is 0 Å². The molecule has 13 heteroatoms. The molecule has 0 saturated heterocycles. The summed E-state index contributed by atoms with van der Waals surface area (Å²) in [6.45, 7) is 0. The average molecular weight is 465 g/mol. The Bertz CT molecular complexity index is 585. The van der Waals surface area contributed by atoms with Gasteiger partial charge in [-0.05, 0) is 12.1 Å². The molecule has 0 aliphatic carbocycles. The summed E-state index contributed by atoms with van der Waals surface area (Å²) in [7, 11) is 0. The number of carbonyl (C=O) groups excluding carboxylic acids is 2. The van der Waals surface area contributed by atoms with Gasteiger partial charge in [-0.2, -0.15) is 9.46 Å². The van der Waals surface area contributed by atoms with Crippen LogP contribution in [-0.4, -0.2) is 11.9 Å². The first kappa shape index (κ1) is 34.0. The number of hydrogen-bond acceptors (Lipinski definition) is 6. The fourth-order valence-corrected chi connectivity index (χ4v) is 1.15. The third-order valence-corrected chi connectivity index (χ3v) is 2.02. The van der Waals surface area contributed by atoms with E-state index < -0.39 is 11.9 Å². The number of rotatable bonds is 2. The van der Waals surface area contributed by atoms with Gasteiger partial charge in [-0.25, -0.2) is 0 Å². The second kappa shape index (κ2) is 16.5. The molecule has 2 rings (SSSR count). The first-order valence-electron chi connectivity index (χ1n) is 5.20. The van der Waals surface area contributed by atoms with Crippen LogP contribution in [0.25, 0.3) is 0 Å². The maximum atomic E-state index is 10.4. The van der Waals surface area contributed by atoms with Crippen molar-refractivity contribution in [3.63, 3.8) is 0 Å². The predicted octanol–water partition coefficient (Wildman–Crippen LogP) is -6.32. The molecule has 25 heavy (non-hydrogen) atoms. The van der Waals surface area contributed by atoms with E-state index in [0.29, 0.717) is 9.46 Å². The van der Waals surface area contributed by atoms with E-state index in [4.69, 9.17) is 0 Å². The standard InChI is InChI=1S/2C6H5NO3.Cd.4H2O/c2*8-6(9)5-2-1-3-7(10)4-5;;;;;/h2*1-4H,(H,8,9);;4*1H2/q;;+2;;;;/p+2. The van der Waals surface area contributed by atoms with Crippen LogP contribution in [0, 0.1) is 10.4 Å². The minimum absolute atomic E-state index is 0. The Kier molecular flexibility index (Phi) is 22.4. The van der Waals surface area contributed by atoms with Crippen molar-refractivity contribution in [2.45, 2.75) is 0 Å². The van der Waals surface area contributed by atoms with Crippen molar-refractivity contribution >= 4 is 11.9 Å². The molecule has 136 valence electrons. The fraction of sp³-hybridized carbons (Fsp3) is 0. The summed E-state index contributed by atoms with van der Waals surface area (Å²) in [6.07, 6.45) is 4.28. The normalized spacial score (nSPS) is 7.36. The summed E-state index contributed by atoms with van der Waals surface area (Å²) >= 11 is 0. The van der Waals surface area contributed by atoms with Gasteiger partial charge >= 0.3 is 27.3 Å². The summed E-state index contributed by atoms with van der Waals surface area (Å²) in [4.78, 5) is 20.2. The maximum Gasteiger partial charge on any atom is 2.00 e. The molecule has 0 fully saturated rings. The number of carboxylic acid groups (broad SMARTS) is 2. The largest absolute Gasteiger partial charge is 2.00 e. The van der Waals surface area contributed by atoms with Gasteiger partial charge in [-0.3, -0.25) is 0 Å². The van der Waals surface area contributed by atoms with Gasteiger partial charge in [0.25, 0.3) is 0 Å². The third kappa shape index (κ3) is 12.7. The topological polar surface area (TPSA) is 266 Å². The molecule has 0 atom stereocenters. The average Bonchev–Trinajstić information content (AvgIpc) is 2.39. The van der Waals surface area contributed by atoms with E-state index in [1.807, 2.05) is 0 Å². The van der Waals surface area contributed by atoms with Crippen LogP contribution in [0.2, 0.25) is 0 Å². The second-order valence-corrected chi connectivity index (χ2v) is 3.48. The molecule has 2 aromatic heterocycles. The Morgan fingerprint density at radius 1 is 0.720 bits per heavy atom. The second-order valence-electron chi connectivity index (χ2n) is 3.48. The zero-order valence-electron chi connectivity index (χ0n) is 13.0. The Balaban J connectivity index is -0.0000000889. The number of aromatic nitrogens is 2. The van der Waals surface area contributed by atoms with E-state index in [2.05, 4.69) is 0 Å². The zero-order chi connectivity index (χ0) is 15.1. The van der Waals surface area contributed by atoms with E-state index in [9.17, 15) is 30.2 Å². The Labute approximate surface area is 161 Å². The van der Waals surface area contributed by atoms with Crippen molar-refractivity contribution in [3.05, 3.63) is 70.6 Å². The quantitative estimate of drug-likeness (QED) is 0.180. The molecule has 0 saturated carbocycles. The number of carbonyl (C=O) groups is 2. The van der Waals surface area contributed by atoms with E-state index in [-0.39, 0.29) is 60.3 Å². The molecule has 0 amide bonds. The molecule has 0 radical (unpaired) electrons. The van der Waals surface area contributed by atoms with Gasteiger partial charge in [0.2, 0.25) is 0 Å². The Morgan fingerprint density at radius 2 is 1.00 bits per heavy atom. The fourth-order valence-electron chi connectivity index (χ4n) is 1.15. The SMILES string of the molecule is O=C([O-])c1ccc[n+]([O-])c1.O=C([O-])c1ccc[n+]([O-])c1.[Cd+2].[OH3+].[OH3+].[OH3+].[OH3+]. The molecular weight excluding hydrogens is 445 g/mol. The molecule has 0 unspecified atom stereocenters. The van der Waals surface area contributed by atoms with E-state index >= 15 is 0 Å². The first-order chi connectivity index (χ1) is 9.40. The smallest absolute Gasteiger partial charge is 0.619 e. The van der Waals surface area contributed by atoms with Crippen LogP contribution in [0.1, 0.15) is 20.7 Å². The first-order valence-corrected chi connectivity index (χ1v) is 5.20. The number of carboxylic acids is 2. The molecule has 2 aromatic rings. The van der Waals surface area contributed by atoms with E-state index in [1.54, 1.807) is 0 Å². The van der Waals surface area contributed by atoms with Crippen LogP contribution in [0.4, 0.5) is 0 Å². The molecule has 12 nitrogen and oxygen atoms in total. The summed E-state index contributed by atoms with van der Waals surface area (Å²) in [5, 5.41) is 41.0. The minimum atomic E-state index is -1.34. The van der Waals surface area contributed by atoms with Crippen molar-refractivity contribution < 1.29 is 78.5 Å². The monoisotopic (exact) mass is 466 g/mol. The summed E-state index contributed by atoms with van der Waals surface area (Å²) in [6, 6.07) is 5.28.